The standard InChI is InChI=1S/C13H11N3OS/c14-9-1-2-10-11(5-9)17-7-8-6-16-3-4-18-13(16)15-12(8)10/h1-5H,6-7,14H2. The highest BCUT2D eigenvalue weighted by Gasteiger charge is 2.28. The quantitative estimate of drug-likeness (QED) is 0.724. The Morgan fingerprint density at radius 2 is 2.33 bits per heavy atom. The van der Waals surface area contributed by atoms with E-state index in [4.69, 9.17) is 15.5 Å². The number of nitrogen functional groups attached to an aromatic ring is 1. The molecule has 0 saturated heterocycles. The van der Waals surface area contributed by atoms with Crippen molar-refractivity contribution in [3.63, 3.8) is 0 Å². The van der Waals surface area contributed by atoms with Gasteiger partial charge in [0.2, 0.25) is 0 Å². The van der Waals surface area contributed by atoms with Gasteiger partial charge in [-0.25, -0.2) is 4.99 Å². The first-order valence-corrected chi connectivity index (χ1v) is 6.62. The second kappa shape index (κ2) is 3.55. The molecule has 0 aromatic heterocycles. The van der Waals surface area contributed by atoms with Crippen LogP contribution in [0.4, 0.5) is 5.69 Å². The van der Waals surface area contributed by atoms with Crippen LogP contribution in [-0.2, 0) is 0 Å². The van der Waals surface area contributed by atoms with E-state index in [1.807, 2.05) is 18.2 Å². The monoisotopic (exact) mass is 257 g/mol. The Morgan fingerprint density at radius 1 is 1.39 bits per heavy atom. The molecule has 90 valence electrons. The fraction of sp³-hybridized carbons (Fsp3) is 0.154. The Balaban J connectivity index is 1.85. The molecule has 3 aliphatic heterocycles. The maximum Gasteiger partial charge on any atom is 0.173 e. The van der Waals surface area contributed by atoms with Crippen molar-refractivity contribution >= 4 is 28.3 Å². The molecule has 2 N–H and O–H groups in total. The van der Waals surface area contributed by atoms with Crippen LogP contribution in [0.3, 0.4) is 0 Å². The van der Waals surface area contributed by atoms with Crippen LogP contribution < -0.4 is 10.5 Å². The summed E-state index contributed by atoms with van der Waals surface area (Å²) in [6.07, 6.45) is 2.06. The van der Waals surface area contributed by atoms with Gasteiger partial charge in [-0.1, -0.05) is 11.8 Å². The van der Waals surface area contributed by atoms with Gasteiger partial charge in [0.05, 0.1) is 12.2 Å². The summed E-state index contributed by atoms with van der Waals surface area (Å²) in [7, 11) is 0. The molecule has 5 heteroatoms. The zero-order chi connectivity index (χ0) is 12.1. The fourth-order valence-corrected chi connectivity index (χ4v) is 3.08. The maximum absolute atomic E-state index is 5.78. The van der Waals surface area contributed by atoms with Crippen LogP contribution in [-0.4, -0.2) is 23.2 Å². The molecule has 18 heavy (non-hydrogen) atoms. The van der Waals surface area contributed by atoms with Gasteiger partial charge in [-0.3, -0.25) is 0 Å². The Kier molecular flexibility index (Phi) is 1.99. The summed E-state index contributed by atoms with van der Waals surface area (Å²) in [4.78, 5) is 6.89. The number of anilines is 1. The number of hydrogen-bond acceptors (Lipinski definition) is 5. The van der Waals surface area contributed by atoms with E-state index in [2.05, 4.69) is 16.5 Å². The van der Waals surface area contributed by atoms with Crippen molar-refractivity contribution in [1.29, 1.82) is 0 Å². The molecule has 4 rings (SSSR count). The zero-order valence-corrected chi connectivity index (χ0v) is 10.4. The number of benzene rings is 1. The summed E-state index contributed by atoms with van der Waals surface area (Å²) in [6, 6.07) is 5.75. The fourth-order valence-electron chi connectivity index (χ4n) is 2.35. The van der Waals surface area contributed by atoms with E-state index >= 15 is 0 Å². The Hall–Kier alpha value is -1.88. The summed E-state index contributed by atoms with van der Waals surface area (Å²) in [5.74, 6) is 0.836. The predicted molar refractivity (Wildman–Crippen MR) is 74.1 cm³/mol. The number of amidine groups is 1. The highest BCUT2D eigenvalue weighted by Crippen LogP contribution is 2.39. The maximum atomic E-state index is 5.78. The molecule has 0 radical (unpaired) electrons. The van der Waals surface area contributed by atoms with E-state index in [0.29, 0.717) is 6.61 Å². The van der Waals surface area contributed by atoms with Crippen molar-refractivity contribution < 1.29 is 4.74 Å². The predicted octanol–water partition coefficient (Wildman–Crippen LogP) is 2.26. The Bertz CT molecular complexity index is 633. The Morgan fingerprint density at radius 3 is 3.28 bits per heavy atom. The highest BCUT2D eigenvalue weighted by atomic mass is 32.2. The molecule has 0 spiro atoms. The third kappa shape index (κ3) is 1.37. The van der Waals surface area contributed by atoms with Gasteiger partial charge >= 0.3 is 0 Å². The summed E-state index contributed by atoms with van der Waals surface area (Å²) in [5, 5.41) is 3.10. The third-order valence-corrected chi connectivity index (χ3v) is 4.02. The number of ether oxygens (including phenoxy) is 1. The van der Waals surface area contributed by atoms with Crippen molar-refractivity contribution in [2.24, 2.45) is 4.99 Å². The van der Waals surface area contributed by atoms with Crippen LogP contribution in [0.15, 0.2) is 40.4 Å². The lowest BCUT2D eigenvalue weighted by Gasteiger charge is -2.29. The minimum absolute atomic E-state index is 0.595. The van der Waals surface area contributed by atoms with Gasteiger partial charge in [0, 0.05) is 29.1 Å². The third-order valence-electron chi connectivity index (χ3n) is 3.23. The van der Waals surface area contributed by atoms with Gasteiger partial charge < -0.3 is 15.4 Å². The number of fused-ring (bicyclic) bond motifs is 3. The van der Waals surface area contributed by atoms with E-state index < -0.39 is 0 Å². The first kappa shape index (κ1) is 10.1. The molecule has 0 amide bonds. The molecule has 3 aliphatic rings. The SMILES string of the molecule is Nc1ccc2c(c1)OCC1=C2N=C2SC=CN2C1. The highest BCUT2D eigenvalue weighted by molar-refractivity contribution is 8.16. The molecule has 0 bridgehead atoms. The molecule has 0 unspecified atom stereocenters. The van der Waals surface area contributed by atoms with E-state index in [9.17, 15) is 0 Å². The molecular weight excluding hydrogens is 246 g/mol. The first-order valence-electron chi connectivity index (χ1n) is 5.75. The molecule has 4 nitrogen and oxygen atoms in total. The summed E-state index contributed by atoms with van der Waals surface area (Å²) >= 11 is 1.66. The van der Waals surface area contributed by atoms with Gasteiger partial charge in [-0.15, -0.1) is 0 Å². The van der Waals surface area contributed by atoms with Crippen molar-refractivity contribution in [3.05, 3.63) is 40.9 Å². The van der Waals surface area contributed by atoms with Crippen LogP contribution in [0, 0.1) is 0 Å². The largest absolute Gasteiger partial charge is 0.488 e. The first-order chi connectivity index (χ1) is 8.81. The molecule has 3 heterocycles. The lowest BCUT2D eigenvalue weighted by Crippen LogP contribution is -2.30. The smallest absolute Gasteiger partial charge is 0.173 e. The van der Waals surface area contributed by atoms with Gasteiger partial charge in [-0.05, 0) is 17.5 Å². The Labute approximate surface area is 109 Å². The number of thioether (sulfide) groups is 1. The summed E-state index contributed by atoms with van der Waals surface area (Å²) in [6.45, 7) is 1.46. The minimum atomic E-state index is 0.595. The van der Waals surface area contributed by atoms with Crippen LogP contribution in [0.25, 0.3) is 5.70 Å². The molecule has 0 atom stereocenters. The topological polar surface area (TPSA) is 50.9 Å². The average molecular weight is 257 g/mol. The van der Waals surface area contributed by atoms with E-state index in [1.54, 1.807) is 11.8 Å². The van der Waals surface area contributed by atoms with Gasteiger partial charge in [0.25, 0.3) is 0 Å². The number of nitrogens with zero attached hydrogens (tertiary/aromatic N) is 2. The number of hydrogen-bond donors (Lipinski definition) is 1. The molecule has 1 aromatic carbocycles. The van der Waals surface area contributed by atoms with Crippen molar-refractivity contribution in [2.75, 3.05) is 18.9 Å². The lowest BCUT2D eigenvalue weighted by molar-refractivity contribution is 0.335. The van der Waals surface area contributed by atoms with Gasteiger partial charge in [0.1, 0.15) is 12.4 Å². The minimum Gasteiger partial charge on any atom is -0.488 e. The van der Waals surface area contributed by atoms with E-state index in [-0.39, 0.29) is 0 Å². The number of rotatable bonds is 0. The van der Waals surface area contributed by atoms with Crippen molar-refractivity contribution in [3.8, 4) is 5.75 Å². The second-order valence-corrected chi connectivity index (χ2v) is 5.29. The van der Waals surface area contributed by atoms with Crippen LogP contribution in [0.2, 0.25) is 0 Å². The molecule has 0 fully saturated rings. The van der Waals surface area contributed by atoms with Crippen LogP contribution >= 0.6 is 11.8 Å². The number of aliphatic imine (C=N–C) groups is 1. The summed E-state index contributed by atoms with van der Waals surface area (Å²) < 4.78 is 5.76. The number of nitrogens with two attached hydrogens (primary N) is 1. The zero-order valence-electron chi connectivity index (χ0n) is 9.59. The van der Waals surface area contributed by atoms with Crippen LogP contribution in [0.5, 0.6) is 5.75 Å². The van der Waals surface area contributed by atoms with Crippen molar-refractivity contribution in [2.45, 2.75) is 0 Å². The summed E-state index contributed by atoms with van der Waals surface area (Å²) in [5.41, 5.74) is 9.83. The van der Waals surface area contributed by atoms with Crippen molar-refractivity contribution in [1.82, 2.24) is 4.90 Å². The molecule has 0 saturated carbocycles. The van der Waals surface area contributed by atoms with Gasteiger partial charge in [-0.2, -0.15) is 0 Å². The molecule has 0 aliphatic carbocycles. The van der Waals surface area contributed by atoms with E-state index in [1.165, 1.54) is 5.57 Å². The molecular formula is C13H11N3OS. The normalized spacial score (nSPS) is 20.0. The lowest BCUT2D eigenvalue weighted by atomic mass is 10.0. The van der Waals surface area contributed by atoms with E-state index in [0.717, 1.165) is 34.4 Å². The van der Waals surface area contributed by atoms with Crippen LogP contribution in [0.1, 0.15) is 5.56 Å². The second-order valence-electron chi connectivity index (χ2n) is 4.42. The van der Waals surface area contributed by atoms with Gasteiger partial charge in [0.15, 0.2) is 5.17 Å². The average Bonchev–Trinajstić information content (AvgIpc) is 2.82. The molecule has 1 aromatic rings.